The molecule has 1 aromatic rings. The summed E-state index contributed by atoms with van der Waals surface area (Å²) in [5.41, 5.74) is 8.95. The first-order valence-corrected chi connectivity index (χ1v) is 8.88. The Balaban J connectivity index is 1.41. The van der Waals surface area contributed by atoms with Gasteiger partial charge in [-0.2, -0.15) is 0 Å². The van der Waals surface area contributed by atoms with Gasteiger partial charge in [-0.3, -0.25) is 4.79 Å². The monoisotopic (exact) mass is 340 g/mol. The van der Waals surface area contributed by atoms with Crippen molar-refractivity contribution in [3.63, 3.8) is 0 Å². The summed E-state index contributed by atoms with van der Waals surface area (Å²) in [6.45, 7) is 2.69. The Morgan fingerprint density at radius 1 is 1.32 bits per heavy atom. The predicted octanol–water partition coefficient (Wildman–Crippen LogP) is 2.09. The molecule has 1 saturated carbocycles. The Labute approximate surface area is 147 Å². The second kappa shape index (κ2) is 6.28. The molecule has 4 rings (SSSR count). The van der Waals surface area contributed by atoms with E-state index < -0.39 is 0 Å². The zero-order chi connectivity index (χ0) is 17.6. The largest absolute Gasteiger partial charge is 0.394 e. The Morgan fingerprint density at radius 2 is 2.04 bits per heavy atom. The molecule has 0 radical (unpaired) electrons. The number of hydrogen-bond acceptors (Lipinski definition) is 5. The van der Waals surface area contributed by atoms with Gasteiger partial charge >= 0.3 is 0 Å². The van der Waals surface area contributed by atoms with Crippen LogP contribution in [0.15, 0.2) is 35.5 Å². The molecule has 2 bridgehead atoms. The van der Waals surface area contributed by atoms with Crippen LogP contribution in [0.3, 0.4) is 0 Å². The van der Waals surface area contributed by atoms with E-state index in [1.165, 1.54) is 0 Å². The van der Waals surface area contributed by atoms with E-state index in [2.05, 4.69) is 10.6 Å². The van der Waals surface area contributed by atoms with Crippen LogP contribution in [0.1, 0.15) is 37.9 Å². The fourth-order valence-electron chi connectivity index (χ4n) is 3.63. The molecule has 2 aliphatic heterocycles. The number of fused-ring (bicyclic) bond motifs is 2. The molecule has 1 amide bonds. The summed E-state index contributed by atoms with van der Waals surface area (Å²) >= 11 is 0. The molecule has 2 heterocycles. The molecule has 1 aliphatic carbocycles. The molecule has 132 valence electrons. The highest BCUT2D eigenvalue weighted by molar-refractivity contribution is 6.11. The Hall–Kier alpha value is -2.18. The van der Waals surface area contributed by atoms with Crippen molar-refractivity contribution in [3.8, 4) is 0 Å². The van der Waals surface area contributed by atoms with Gasteiger partial charge in [-0.15, -0.1) is 0 Å². The molecular formula is C19H24N4O2. The summed E-state index contributed by atoms with van der Waals surface area (Å²) in [4.78, 5) is 12.3. The molecule has 3 atom stereocenters. The van der Waals surface area contributed by atoms with Crippen LogP contribution < -0.4 is 16.4 Å². The van der Waals surface area contributed by atoms with Crippen molar-refractivity contribution in [2.75, 3.05) is 11.9 Å². The third-order valence-electron chi connectivity index (χ3n) is 5.36. The van der Waals surface area contributed by atoms with E-state index in [9.17, 15) is 4.79 Å². The number of carbonyl (C=O) groups is 1. The molecule has 5 N–H and O–H groups in total. The van der Waals surface area contributed by atoms with Crippen molar-refractivity contribution >= 4 is 17.3 Å². The molecule has 1 aromatic carbocycles. The number of nitrogens with one attached hydrogen (secondary N) is 3. The minimum absolute atomic E-state index is 0.0923. The third-order valence-corrected chi connectivity index (χ3v) is 5.36. The first-order chi connectivity index (χ1) is 12.0. The van der Waals surface area contributed by atoms with Crippen molar-refractivity contribution < 1.29 is 9.53 Å². The zero-order valence-electron chi connectivity index (χ0n) is 14.3. The Kier molecular flexibility index (Phi) is 4.09. The molecular weight excluding hydrogens is 316 g/mol. The van der Waals surface area contributed by atoms with E-state index in [1.807, 2.05) is 24.3 Å². The Bertz CT molecular complexity index is 736. The van der Waals surface area contributed by atoms with Crippen molar-refractivity contribution in [1.82, 2.24) is 5.32 Å². The fourth-order valence-corrected chi connectivity index (χ4v) is 3.63. The lowest BCUT2D eigenvalue weighted by Gasteiger charge is -2.23. The third kappa shape index (κ3) is 3.19. The van der Waals surface area contributed by atoms with Crippen molar-refractivity contribution in [2.24, 2.45) is 11.7 Å². The van der Waals surface area contributed by atoms with Crippen LogP contribution in [0.5, 0.6) is 0 Å². The average Bonchev–Trinajstić information content (AvgIpc) is 3.27. The van der Waals surface area contributed by atoms with E-state index in [-0.39, 0.29) is 23.6 Å². The topological polar surface area (TPSA) is 100 Å². The van der Waals surface area contributed by atoms with Crippen molar-refractivity contribution in [3.05, 3.63) is 41.1 Å². The molecule has 0 aromatic heterocycles. The normalized spacial score (nSPS) is 28.6. The number of anilines is 1. The van der Waals surface area contributed by atoms with Gasteiger partial charge in [0.05, 0.1) is 12.2 Å². The van der Waals surface area contributed by atoms with Crippen LogP contribution in [0.2, 0.25) is 0 Å². The zero-order valence-corrected chi connectivity index (χ0v) is 14.3. The van der Waals surface area contributed by atoms with E-state index in [1.54, 1.807) is 6.92 Å². The summed E-state index contributed by atoms with van der Waals surface area (Å²) in [7, 11) is 0. The molecule has 3 fully saturated rings. The number of rotatable bonds is 5. The SMILES string of the molecule is C/C(C(=N)C1CC1)=C(/N)C(=O)Nc1ccc([C@@H]2O[C@H]3CN[C@@H]2C3)cc1. The number of ether oxygens (including phenoxy) is 1. The molecule has 3 aliphatic rings. The van der Waals surface area contributed by atoms with Gasteiger partial charge in [0.15, 0.2) is 0 Å². The van der Waals surface area contributed by atoms with Crippen LogP contribution in [-0.2, 0) is 9.53 Å². The standard InChI is InChI=1S/C19H24N4O2/c1-10(16(20)11-2-3-11)17(21)19(24)23-13-6-4-12(5-7-13)18-15-8-14(25-18)9-22-15/h4-7,11,14-15,18,20,22H,2-3,8-9,21H2,1H3,(H,23,24)/b17-10-,20-16?/t14-,15-,18+/m1/s1. The fraction of sp³-hybridized carbons (Fsp3) is 0.474. The lowest BCUT2D eigenvalue weighted by atomic mass is 10.0. The molecule has 0 unspecified atom stereocenters. The molecule has 25 heavy (non-hydrogen) atoms. The molecule has 6 nitrogen and oxygen atoms in total. The predicted molar refractivity (Wildman–Crippen MR) is 96.4 cm³/mol. The van der Waals surface area contributed by atoms with Crippen LogP contribution >= 0.6 is 0 Å². The second-order valence-electron chi connectivity index (χ2n) is 7.23. The highest BCUT2D eigenvalue weighted by Crippen LogP contribution is 2.37. The summed E-state index contributed by atoms with van der Waals surface area (Å²) in [6, 6.07) is 8.11. The number of benzene rings is 1. The van der Waals surface area contributed by atoms with E-state index in [0.717, 1.165) is 31.4 Å². The van der Waals surface area contributed by atoms with E-state index in [0.29, 0.717) is 29.1 Å². The first-order valence-electron chi connectivity index (χ1n) is 8.88. The highest BCUT2D eigenvalue weighted by Gasteiger charge is 2.41. The smallest absolute Gasteiger partial charge is 0.271 e. The first kappa shape index (κ1) is 16.3. The Morgan fingerprint density at radius 3 is 2.60 bits per heavy atom. The maximum atomic E-state index is 12.3. The van der Waals surface area contributed by atoms with Crippen LogP contribution in [-0.4, -0.2) is 30.3 Å². The summed E-state index contributed by atoms with van der Waals surface area (Å²) in [5, 5.41) is 14.3. The quantitative estimate of drug-likeness (QED) is 0.487. The number of allylic oxidation sites excluding steroid dienone is 1. The average molecular weight is 340 g/mol. The van der Waals surface area contributed by atoms with Gasteiger partial charge in [0, 0.05) is 29.9 Å². The lowest BCUT2D eigenvalue weighted by Crippen LogP contribution is -2.33. The number of amides is 1. The summed E-state index contributed by atoms with van der Waals surface area (Å²) < 4.78 is 5.99. The lowest BCUT2D eigenvalue weighted by molar-refractivity contribution is -0.112. The van der Waals surface area contributed by atoms with Gasteiger partial charge in [-0.05, 0) is 49.5 Å². The molecule has 6 heteroatoms. The number of nitrogens with two attached hydrogens (primary N) is 1. The van der Waals surface area contributed by atoms with Crippen LogP contribution in [0.25, 0.3) is 0 Å². The summed E-state index contributed by atoms with van der Waals surface area (Å²) in [5.74, 6) is -0.0746. The van der Waals surface area contributed by atoms with Crippen LogP contribution in [0, 0.1) is 11.3 Å². The number of hydrogen-bond donors (Lipinski definition) is 4. The maximum Gasteiger partial charge on any atom is 0.271 e. The second-order valence-corrected chi connectivity index (χ2v) is 7.23. The van der Waals surface area contributed by atoms with E-state index in [4.69, 9.17) is 15.9 Å². The van der Waals surface area contributed by atoms with Gasteiger partial charge in [0.2, 0.25) is 0 Å². The van der Waals surface area contributed by atoms with E-state index >= 15 is 0 Å². The van der Waals surface area contributed by atoms with Crippen molar-refractivity contribution in [2.45, 2.75) is 44.4 Å². The molecule has 2 saturated heterocycles. The van der Waals surface area contributed by atoms with Gasteiger partial charge in [0.25, 0.3) is 5.91 Å². The van der Waals surface area contributed by atoms with Crippen LogP contribution in [0.4, 0.5) is 5.69 Å². The maximum absolute atomic E-state index is 12.3. The minimum atomic E-state index is -0.353. The van der Waals surface area contributed by atoms with Crippen molar-refractivity contribution in [1.29, 1.82) is 5.41 Å². The highest BCUT2D eigenvalue weighted by atomic mass is 16.5. The van der Waals surface area contributed by atoms with Gasteiger partial charge < -0.3 is 26.5 Å². The van der Waals surface area contributed by atoms with Gasteiger partial charge in [-0.1, -0.05) is 12.1 Å². The minimum Gasteiger partial charge on any atom is -0.394 e. The number of morpholine rings is 1. The number of carbonyl (C=O) groups excluding carboxylic acids is 1. The molecule has 0 spiro atoms. The van der Waals surface area contributed by atoms with Gasteiger partial charge in [0.1, 0.15) is 5.70 Å². The van der Waals surface area contributed by atoms with Gasteiger partial charge in [-0.25, -0.2) is 0 Å². The summed E-state index contributed by atoms with van der Waals surface area (Å²) in [6.07, 6.45) is 3.52.